The Morgan fingerprint density at radius 3 is 1.03 bits per heavy atom. The van der Waals surface area contributed by atoms with E-state index in [9.17, 15) is 10.2 Å². The lowest BCUT2D eigenvalue weighted by atomic mass is 9.97. The van der Waals surface area contributed by atoms with Crippen LogP contribution in [0.5, 0.6) is 11.5 Å². The molecule has 0 unspecified atom stereocenters. The van der Waals surface area contributed by atoms with Crippen molar-refractivity contribution in [2.45, 2.75) is 52.4 Å². The van der Waals surface area contributed by atoms with Gasteiger partial charge in [-0.1, -0.05) is 27.7 Å². The number of phenolic OH excluding ortho intramolecular Hbond substituents is 2. The molecular weight excluding hydrogens is 424 g/mol. The summed E-state index contributed by atoms with van der Waals surface area (Å²) in [7, 11) is 0. The van der Waals surface area contributed by atoms with Gasteiger partial charge >= 0.3 is 0 Å². The van der Waals surface area contributed by atoms with E-state index in [-0.39, 0.29) is 11.5 Å². The van der Waals surface area contributed by atoms with Crippen molar-refractivity contribution in [1.82, 2.24) is 0 Å². The lowest BCUT2D eigenvalue weighted by Crippen LogP contribution is -1.99. The van der Waals surface area contributed by atoms with E-state index >= 15 is 0 Å². The van der Waals surface area contributed by atoms with E-state index in [2.05, 4.69) is 47.7 Å². The summed E-state index contributed by atoms with van der Waals surface area (Å²) in [5.41, 5.74) is 5.10. The first-order valence-electron chi connectivity index (χ1n) is 12.1. The van der Waals surface area contributed by atoms with E-state index in [4.69, 9.17) is 0 Å². The van der Waals surface area contributed by atoms with E-state index < -0.39 is 0 Å². The highest BCUT2D eigenvalue weighted by atomic mass is 16.3. The molecule has 1 aliphatic heterocycles. The molecule has 0 aliphatic carbocycles. The molecule has 0 fully saturated rings. The fourth-order valence-corrected chi connectivity index (χ4v) is 3.63. The van der Waals surface area contributed by atoms with Gasteiger partial charge in [0.15, 0.2) is 0 Å². The third kappa shape index (κ3) is 6.86. The molecule has 0 amide bonds. The standard InChI is InChI=1S/C28H36N4O2/c1-19(2)21-11-23-15-29-7-5-9-31-17-25-13-22(20(3)4)14-26(28(25)34)18-32-10-6-8-30-16-24(12-21)27(23)33/h11-20,33-34H,5-10H2,1-4H3. The number of rotatable bonds is 2. The van der Waals surface area contributed by atoms with Gasteiger partial charge in [-0.25, -0.2) is 0 Å². The van der Waals surface area contributed by atoms with Crippen LogP contribution in [-0.2, 0) is 0 Å². The van der Waals surface area contributed by atoms with E-state index in [1.165, 1.54) is 0 Å². The summed E-state index contributed by atoms with van der Waals surface area (Å²) in [5.74, 6) is 1.08. The molecule has 0 aromatic heterocycles. The second-order valence-corrected chi connectivity index (χ2v) is 9.25. The fraction of sp³-hybridized carbons (Fsp3) is 0.429. The number of fused-ring (bicyclic) bond motifs is 4. The van der Waals surface area contributed by atoms with E-state index in [1.807, 2.05) is 24.3 Å². The van der Waals surface area contributed by atoms with Crippen molar-refractivity contribution in [3.63, 3.8) is 0 Å². The Morgan fingerprint density at radius 1 is 0.529 bits per heavy atom. The number of hydrogen-bond donors (Lipinski definition) is 2. The minimum Gasteiger partial charge on any atom is -0.507 e. The zero-order valence-electron chi connectivity index (χ0n) is 20.7. The van der Waals surface area contributed by atoms with Gasteiger partial charge in [0.1, 0.15) is 11.5 Å². The summed E-state index contributed by atoms with van der Waals surface area (Å²) in [6.07, 6.45) is 8.48. The summed E-state index contributed by atoms with van der Waals surface area (Å²) >= 11 is 0. The maximum absolute atomic E-state index is 10.7. The molecular formula is C28H36N4O2. The molecule has 180 valence electrons. The average Bonchev–Trinajstić information content (AvgIpc) is 2.80. The van der Waals surface area contributed by atoms with Crippen LogP contribution in [0, 0.1) is 0 Å². The molecule has 0 saturated heterocycles. The van der Waals surface area contributed by atoms with Gasteiger partial charge in [-0.05, 0) is 60.1 Å². The number of aromatic hydroxyl groups is 2. The van der Waals surface area contributed by atoms with Crippen molar-refractivity contribution in [2.24, 2.45) is 20.0 Å². The molecule has 0 saturated carbocycles. The van der Waals surface area contributed by atoms with E-state index in [0.717, 1.165) is 24.0 Å². The van der Waals surface area contributed by atoms with Gasteiger partial charge in [0.25, 0.3) is 0 Å². The Balaban J connectivity index is 1.88. The maximum atomic E-state index is 10.7. The molecule has 2 aromatic rings. The van der Waals surface area contributed by atoms with Crippen molar-refractivity contribution < 1.29 is 10.2 Å². The first kappa shape index (κ1) is 25.3. The summed E-state index contributed by atoms with van der Waals surface area (Å²) < 4.78 is 0. The average molecular weight is 461 g/mol. The predicted molar refractivity (Wildman–Crippen MR) is 143 cm³/mol. The van der Waals surface area contributed by atoms with E-state index in [1.54, 1.807) is 24.9 Å². The second-order valence-electron chi connectivity index (χ2n) is 9.25. The van der Waals surface area contributed by atoms with Crippen LogP contribution in [-0.4, -0.2) is 61.3 Å². The molecule has 1 aliphatic rings. The van der Waals surface area contributed by atoms with Crippen LogP contribution in [0.25, 0.3) is 0 Å². The predicted octanol–water partition coefficient (Wildman–Crippen LogP) is 5.51. The Kier molecular flexibility index (Phi) is 9.14. The third-order valence-electron chi connectivity index (χ3n) is 5.79. The van der Waals surface area contributed by atoms with Gasteiger partial charge in [-0.2, -0.15) is 0 Å². The highest BCUT2D eigenvalue weighted by Crippen LogP contribution is 2.27. The molecule has 4 bridgehead atoms. The van der Waals surface area contributed by atoms with Gasteiger partial charge in [0, 0.05) is 73.3 Å². The summed E-state index contributed by atoms with van der Waals surface area (Å²) in [5, 5.41) is 21.4. The smallest absolute Gasteiger partial charge is 0.133 e. The molecule has 6 nitrogen and oxygen atoms in total. The lowest BCUT2D eigenvalue weighted by molar-refractivity contribution is 0.472. The minimum absolute atomic E-state index is 0.206. The molecule has 0 spiro atoms. The highest BCUT2D eigenvalue weighted by molar-refractivity contribution is 5.93. The SMILES string of the molecule is CC(C)c1cc2c(O)c(c1)C=NCCCN=Cc1cc(C(C)C)cc(c1O)C=NCCCN=C2. The van der Waals surface area contributed by atoms with Crippen LogP contribution in [0.4, 0.5) is 0 Å². The Morgan fingerprint density at radius 2 is 0.794 bits per heavy atom. The molecule has 6 heteroatoms. The van der Waals surface area contributed by atoms with Gasteiger partial charge in [-0.15, -0.1) is 0 Å². The minimum atomic E-state index is 0.206. The van der Waals surface area contributed by atoms with Crippen molar-refractivity contribution in [2.75, 3.05) is 26.2 Å². The van der Waals surface area contributed by atoms with Crippen LogP contribution in [0.3, 0.4) is 0 Å². The molecule has 0 radical (unpaired) electrons. The van der Waals surface area contributed by atoms with Crippen molar-refractivity contribution in [3.05, 3.63) is 57.6 Å². The zero-order valence-corrected chi connectivity index (χ0v) is 20.7. The normalized spacial score (nSPS) is 15.2. The van der Waals surface area contributed by atoms with Crippen LogP contribution < -0.4 is 0 Å². The van der Waals surface area contributed by atoms with Crippen molar-refractivity contribution in [3.8, 4) is 11.5 Å². The van der Waals surface area contributed by atoms with Gasteiger partial charge in [0.05, 0.1) is 0 Å². The van der Waals surface area contributed by atoms with Gasteiger partial charge in [-0.3, -0.25) is 20.0 Å². The Bertz CT molecular complexity index is 940. The number of benzene rings is 2. The van der Waals surface area contributed by atoms with Crippen molar-refractivity contribution in [1.29, 1.82) is 0 Å². The number of hydrogen-bond acceptors (Lipinski definition) is 6. The highest BCUT2D eigenvalue weighted by Gasteiger charge is 2.11. The molecule has 3 rings (SSSR count). The van der Waals surface area contributed by atoms with Crippen molar-refractivity contribution >= 4 is 24.9 Å². The number of phenols is 2. The molecule has 2 aromatic carbocycles. The Hall–Kier alpha value is -3.28. The largest absolute Gasteiger partial charge is 0.507 e. The summed E-state index contributed by atoms with van der Waals surface area (Å²) in [6.45, 7) is 10.9. The first-order chi connectivity index (χ1) is 16.4. The monoisotopic (exact) mass is 460 g/mol. The number of aliphatic imine (C=N–C) groups is 4. The maximum Gasteiger partial charge on any atom is 0.133 e. The lowest BCUT2D eigenvalue weighted by Gasteiger charge is -2.11. The fourth-order valence-electron chi connectivity index (χ4n) is 3.63. The van der Waals surface area contributed by atoms with Gasteiger partial charge in [0.2, 0.25) is 0 Å². The quantitative estimate of drug-likeness (QED) is 0.618. The molecule has 2 N–H and O–H groups in total. The zero-order chi connectivity index (χ0) is 24.5. The molecule has 0 atom stereocenters. The van der Waals surface area contributed by atoms with Crippen LogP contribution in [0.1, 0.15) is 85.8 Å². The van der Waals surface area contributed by atoms with E-state index in [0.29, 0.717) is 60.3 Å². The van der Waals surface area contributed by atoms with Crippen LogP contribution in [0.2, 0.25) is 0 Å². The third-order valence-corrected chi connectivity index (χ3v) is 5.79. The first-order valence-corrected chi connectivity index (χ1v) is 12.1. The second kappa shape index (κ2) is 12.3. The summed E-state index contributed by atoms with van der Waals surface area (Å²) in [4.78, 5) is 18.0. The number of nitrogens with zero attached hydrogens (tertiary/aromatic N) is 4. The van der Waals surface area contributed by atoms with Crippen LogP contribution >= 0.6 is 0 Å². The molecule has 34 heavy (non-hydrogen) atoms. The van der Waals surface area contributed by atoms with Crippen LogP contribution in [0.15, 0.2) is 44.2 Å². The topological polar surface area (TPSA) is 89.9 Å². The Labute approximate surface area is 202 Å². The van der Waals surface area contributed by atoms with Gasteiger partial charge < -0.3 is 10.2 Å². The molecule has 1 heterocycles. The summed E-state index contributed by atoms with van der Waals surface area (Å²) in [6, 6.07) is 7.95.